The summed E-state index contributed by atoms with van der Waals surface area (Å²) in [4.78, 5) is 0. The maximum absolute atomic E-state index is 3.77. The van der Waals surface area contributed by atoms with Gasteiger partial charge in [0.1, 0.15) is 0 Å². The average Bonchev–Trinajstić information content (AvgIpc) is 2.84. The molecule has 0 amide bonds. The highest BCUT2D eigenvalue weighted by Gasteiger charge is 2.58. The quantitative estimate of drug-likeness (QED) is 0.697. The number of fused-ring (bicyclic) bond motifs is 1. The summed E-state index contributed by atoms with van der Waals surface area (Å²) in [6, 6.07) is 0. The van der Waals surface area contributed by atoms with E-state index in [-0.39, 0.29) is 0 Å². The second-order valence-corrected chi connectivity index (χ2v) is 4.05. The van der Waals surface area contributed by atoms with Crippen LogP contribution in [0.4, 0.5) is 0 Å². The van der Waals surface area contributed by atoms with E-state index in [1.54, 1.807) is 0 Å². The Morgan fingerprint density at radius 1 is 1.47 bits per heavy atom. The van der Waals surface area contributed by atoms with Crippen molar-refractivity contribution in [3.05, 3.63) is 36.5 Å². The predicted octanol–water partition coefficient (Wildman–Crippen LogP) is 3.31. The summed E-state index contributed by atoms with van der Waals surface area (Å²) in [7, 11) is 0. The van der Waals surface area contributed by atoms with Gasteiger partial charge in [0.15, 0.2) is 0 Å². The first-order chi connectivity index (χ1) is 7.33. The van der Waals surface area contributed by atoms with E-state index in [1.165, 1.54) is 18.5 Å². The van der Waals surface area contributed by atoms with Gasteiger partial charge in [-0.05, 0) is 31.4 Å². The van der Waals surface area contributed by atoms with Crippen LogP contribution in [0.5, 0.6) is 0 Å². The fraction of sp³-hybridized carbons (Fsp3) is 0.571. The van der Waals surface area contributed by atoms with E-state index in [2.05, 4.69) is 37.0 Å². The summed E-state index contributed by atoms with van der Waals surface area (Å²) < 4.78 is 0. The van der Waals surface area contributed by atoms with Gasteiger partial charge in [0.25, 0.3) is 0 Å². The molecule has 0 aromatic rings. The van der Waals surface area contributed by atoms with Gasteiger partial charge in [-0.1, -0.05) is 44.7 Å². The van der Waals surface area contributed by atoms with Crippen LogP contribution in [0.3, 0.4) is 0 Å². The van der Waals surface area contributed by atoms with Crippen molar-refractivity contribution in [2.24, 2.45) is 11.3 Å². The largest absolute Gasteiger partial charge is 0.316 e. The first kappa shape index (κ1) is 12.3. The van der Waals surface area contributed by atoms with Crippen LogP contribution in [0.1, 0.15) is 27.2 Å². The standard InChI is InChI=1S/C12H17N.C2H6/c1-3-5-10(6-4-2)12-7-11(12)8-13-9-12;1-2/h3-6,11,13H,1,7-9H2,2H3;1-2H3/b6-4-,10-5+;. The Balaban J connectivity index is 0.000000531. The van der Waals surface area contributed by atoms with Crippen molar-refractivity contribution in [2.75, 3.05) is 13.1 Å². The first-order valence-corrected chi connectivity index (χ1v) is 6.00. The van der Waals surface area contributed by atoms with Crippen molar-refractivity contribution in [2.45, 2.75) is 27.2 Å². The molecule has 84 valence electrons. The zero-order valence-corrected chi connectivity index (χ0v) is 10.2. The van der Waals surface area contributed by atoms with Gasteiger partial charge < -0.3 is 5.32 Å². The van der Waals surface area contributed by atoms with Crippen molar-refractivity contribution in [3.63, 3.8) is 0 Å². The normalized spacial score (nSPS) is 33.3. The number of hydrogen-bond donors (Lipinski definition) is 1. The molecule has 2 aliphatic rings. The third-order valence-corrected chi connectivity index (χ3v) is 3.28. The second kappa shape index (κ2) is 5.32. The van der Waals surface area contributed by atoms with E-state index in [4.69, 9.17) is 0 Å². The molecule has 1 heteroatoms. The lowest BCUT2D eigenvalue weighted by atomic mass is 9.94. The molecule has 1 saturated heterocycles. The summed E-state index contributed by atoms with van der Waals surface area (Å²) in [5, 5.41) is 3.45. The number of allylic oxidation sites excluding steroid dienone is 4. The van der Waals surface area contributed by atoms with Crippen LogP contribution in [-0.4, -0.2) is 13.1 Å². The van der Waals surface area contributed by atoms with Gasteiger partial charge in [0.2, 0.25) is 0 Å². The minimum absolute atomic E-state index is 0.473. The van der Waals surface area contributed by atoms with Gasteiger partial charge in [0, 0.05) is 12.0 Å². The minimum Gasteiger partial charge on any atom is -0.316 e. The smallest absolute Gasteiger partial charge is 0.0122 e. The highest BCUT2D eigenvalue weighted by Crippen LogP contribution is 2.60. The van der Waals surface area contributed by atoms with Crippen molar-refractivity contribution in [1.29, 1.82) is 0 Å². The summed E-state index contributed by atoms with van der Waals surface area (Å²) >= 11 is 0. The summed E-state index contributed by atoms with van der Waals surface area (Å²) in [6.07, 6.45) is 9.78. The van der Waals surface area contributed by atoms with Crippen LogP contribution < -0.4 is 5.32 Å². The van der Waals surface area contributed by atoms with E-state index in [0.29, 0.717) is 5.41 Å². The third-order valence-electron chi connectivity index (χ3n) is 3.28. The Morgan fingerprint density at radius 2 is 2.20 bits per heavy atom. The second-order valence-electron chi connectivity index (χ2n) is 4.05. The minimum atomic E-state index is 0.473. The zero-order chi connectivity index (χ0) is 11.3. The molecule has 0 aromatic heterocycles. The molecule has 2 atom stereocenters. The summed E-state index contributed by atoms with van der Waals surface area (Å²) in [5.74, 6) is 0.884. The molecule has 0 aromatic carbocycles. The molecule has 1 nitrogen and oxygen atoms in total. The highest BCUT2D eigenvalue weighted by molar-refractivity contribution is 5.38. The molecule has 1 aliphatic heterocycles. The van der Waals surface area contributed by atoms with E-state index in [9.17, 15) is 0 Å². The Morgan fingerprint density at radius 3 is 2.60 bits per heavy atom. The molecule has 1 aliphatic carbocycles. The fourth-order valence-electron chi connectivity index (χ4n) is 2.48. The fourth-order valence-corrected chi connectivity index (χ4v) is 2.48. The molecule has 0 bridgehead atoms. The molecule has 0 radical (unpaired) electrons. The lowest BCUT2D eigenvalue weighted by Crippen LogP contribution is -2.17. The Kier molecular flexibility index (Phi) is 4.34. The lowest BCUT2D eigenvalue weighted by Gasteiger charge is -2.12. The zero-order valence-electron chi connectivity index (χ0n) is 10.2. The first-order valence-electron chi connectivity index (χ1n) is 6.00. The molecular weight excluding hydrogens is 182 g/mol. The van der Waals surface area contributed by atoms with Crippen molar-refractivity contribution in [1.82, 2.24) is 5.32 Å². The Bertz CT molecular complexity index is 275. The molecule has 15 heavy (non-hydrogen) atoms. The van der Waals surface area contributed by atoms with Crippen LogP contribution >= 0.6 is 0 Å². The molecule has 1 saturated carbocycles. The van der Waals surface area contributed by atoms with Crippen LogP contribution in [0, 0.1) is 11.3 Å². The van der Waals surface area contributed by atoms with E-state index < -0.39 is 0 Å². The van der Waals surface area contributed by atoms with Crippen LogP contribution in [-0.2, 0) is 0 Å². The number of rotatable bonds is 3. The molecular formula is C14H23N. The number of hydrogen-bond acceptors (Lipinski definition) is 1. The van der Waals surface area contributed by atoms with Gasteiger partial charge in [-0.2, -0.15) is 0 Å². The molecule has 1 N–H and O–H groups in total. The topological polar surface area (TPSA) is 12.0 Å². The van der Waals surface area contributed by atoms with E-state index in [0.717, 1.165) is 12.5 Å². The lowest BCUT2D eigenvalue weighted by molar-refractivity contribution is 0.620. The number of nitrogens with one attached hydrogen (secondary N) is 1. The van der Waals surface area contributed by atoms with E-state index in [1.807, 2.05) is 19.9 Å². The summed E-state index contributed by atoms with van der Waals surface area (Å²) in [6.45, 7) is 12.2. The maximum Gasteiger partial charge on any atom is 0.0122 e. The Labute approximate surface area is 94.0 Å². The van der Waals surface area contributed by atoms with Gasteiger partial charge in [-0.15, -0.1) is 0 Å². The van der Waals surface area contributed by atoms with Crippen LogP contribution in [0.25, 0.3) is 0 Å². The number of piperidine rings is 1. The molecule has 0 spiro atoms. The SMILES string of the molecule is C=C/C=C(\C=C/C)C12CNCC1C2.CC. The maximum atomic E-state index is 3.77. The highest BCUT2D eigenvalue weighted by atomic mass is 15.0. The predicted molar refractivity (Wildman–Crippen MR) is 67.9 cm³/mol. The Hall–Kier alpha value is -0.820. The molecule has 2 unspecified atom stereocenters. The summed E-state index contributed by atoms with van der Waals surface area (Å²) in [5.41, 5.74) is 1.93. The monoisotopic (exact) mass is 205 g/mol. The van der Waals surface area contributed by atoms with E-state index >= 15 is 0 Å². The molecule has 1 heterocycles. The third kappa shape index (κ3) is 2.23. The van der Waals surface area contributed by atoms with Gasteiger partial charge in [-0.25, -0.2) is 0 Å². The van der Waals surface area contributed by atoms with Crippen molar-refractivity contribution >= 4 is 0 Å². The van der Waals surface area contributed by atoms with Gasteiger partial charge >= 0.3 is 0 Å². The van der Waals surface area contributed by atoms with Crippen molar-refractivity contribution in [3.8, 4) is 0 Å². The van der Waals surface area contributed by atoms with Crippen molar-refractivity contribution < 1.29 is 0 Å². The van der Waals surface area contributed by atoms with Gasteiger partial charge in [-0.3, -0.25) is 0 Å². The van der Waals surface area contributed by atoms with Gasteiger partial charge in [0.05, 0.1) is 0 Å². The molecule has 2 rings (SSSR count). The average molecular weight is 205 g/mol. The van der Waals surface area contributed by atoms with Crippen LogP contribution in [0.2, 0.25) is 0 Å². The van der Waals surface area contributed by atoms with Crippen LogP contribution in [0.15, 0.2) is 36.5 Å². The molecule has 2 fully saturated rings.